The molecule has 3 N–H and O–H groups in total. The fraction of sp³-hybridized carbons (Fsp3) is 0.417. The van der Waals surface area contributed by atoms with Gasteiger partial charge in [-0.25, -0.2) is 0 Å². The number of hydrogen-bond donors (Lipinski definition) is 3. The summed E-state index contributed by atoms with van der Waals surface area (Å²) in [5, 5.41) is 14.4. The smallest absolute Gasteiger partial charge is 0.378 e. The topological polar surface area (TPSA) is 107 Å². The molecule has 0 bridgehead atoms. The maximum Gasteiger partial charge on any atom is 0.417 e. The van der Waals surface area contributed by atoms with Crippen LogP contribution in [-0.4, -0.2) is 46.4 Å². The lowest BCUT2D eigenvalue weighted by molar-refractivity contribution is -0.138. The van der Waals surface area contributed by atoms with Crippen molar-refractivity contribution in [1.29, 1.82) is 5.41 Å². The molecule has 0 aliphatic carbocycles. The summed E-state index contributed by atoms with van der Waals surface area (Å²) in [5.41, 5.74) is -1.52. The second kappa shape index (κ2) is 10.8. The van der Waals surface area contributed by atoms with Crippen molar-refractivity contribution in [3.63, 3.8) is 0 Å². The van der Waals surface area contributed by atoms with Gasteiger partial charge in [-0.2, -0.15) is 13.2 Å². The number of carbonyl (C=O) groups is 2. The van der Waals surface area contributed by atoms with Gasteiger partial charge in [0.15, 0.2) is 5.96 Å². The molecule has 0 unspecified atom stereocenters. The summed E-state index contributed by atoms with van der Waals surface area (Å²) < 4.78 is 43.9. The van der Waals surface area contributed by atoms with E-state index in [9.17, 15) is 22.8 Å². The lowest BCUT2D eigenvalue weighted by Gasteiger charge is -2.45. The number of halogens is 5. The van der Waals surface area contributed by atoms with Crippen molar-refractivity contribution in [3.8, 4) is 0 Å². The molecule has 4 rings (SSSR count). The molecule has 1 aromatic carbocycles. The summed E-state index contributed by atoms with van der Waals surface area (Å²) in [6, 6.07) is 6.46. The number of hydrogen-bond acceptors (Lipinski definition) is 5. The minimum Gasteiger partial charge on any atom is -0.378 e. The molecule has 2 saturated heterocycles. The number of carbonyl (C=O) groups excluding carboxylic acids is 2. The Morgan fingerprint density at radius 2 is 2.05 bits per heavy atom. The lowest BCUT2D eigenvalue weighted by Crippen LogP contribution is -2.63. The largest absolute Gasteiger partial charge is 0.417 e. The van der Waals surface area contributed by atoms with Gasteiger partial charge in [0.05, 0.1) is 34.3 Å². The van der Waals surface area contributed by atoms with Crippen LogP contribution in [0.2, 0.25) is 5.02 Å². The van der Waals surface area contributed by atoms with Gasteiger partial charge in [0.1, 0.15) is 5.69 Å². The van der Waals surface area contributed by atoms with E-state index in [0.717, 1.165) is 12.1 Å². The van der Waals surface area contributed by atoms with E-state index < -0.39 is 23.2 Å². The first-order chi connectivity index (χ1) is 16.9. The zero-order chi connectivity index (χ0) is 26.3. The molecule has 8 nitrogen and oxygen atoms in total. The first kappa shape index (κ1) is 28.7. The Morgan fingerprint density at radius 3 is 2.65 bits per heavy atom. The van der Waals surface area contributed by atoms with Crippen LogP contribution in [-0.2, 0) is 21.2 Å². The molecule has 2 fully saturated rings. The number of guanidine groups is 1. The van der Waals surface area contributed by atoms with Crippen LogP contribution in [0.15, 0.2) is 36.5 Å². The molecule has 37 heavy (non-hydrogen) atoms. The maximum atomic E-state index is 13.2. The van der Waals surface area contributed by atoms with E-state index in [1.165, 1.54) is 11.0 Å². The van der Waals surface area contributed by atoms with Gasteiger partial charge in [0.25, 0.3) is 5.91 Å². The van der Waals surface area contributed by atoms with Crippen LogP contribution in [0.25, 0.3) is 0 Å². The fourth-order valence-electron chi connectivity index (χ4n) is 4.57. The fourth-order valence-corrected chi connectivity index (χ4v) is 4.95. The van der Waals surface area contributed by atoms with Gasteiger partial charge in [-0.15, -0.1) is 12.4 Å². The van der Waals surface area contributed by atoms with Gasteiger partial charge < -0.3 is 15.4 Å². The average molecular weight is 560 g/mol. The van der Waals surface area contributed by atoms with Crippen LogP contribution in [0.5, 0.6) is 0 Å². The maximum absolute atomic E-state index is 13.2. The monoisotopic (exact) mass is 559 g/mol. The van der Waals surface area contributed by atoms with Gasteiger partial charge in [-0.3, -0.25) is 24.9 Å². The highest BCUT2D eigenvalue weighted by atomic mass is 35.5. The number of nitrogens with zero attached hydrogens (tertiary/aromatic N) is 2. The van der Waals surface area contributed by atoms with Crippen molar-refractivity contribution in [2.75, 3.05) is 11.9 Å². The van der Waals surface area contributed by atoms with E-state index >= 15 is 0 Å². The molecule has 0 spiro atoms. The third kappa shape index (κ3) is 6.00. The number of aromatic nitrogens is 1. The number of amides is 2. The van der Waals surface area contributed by atoms with Crippen LogP contribution in [0.1, 0.15) is 54.7 Å². The predicted octanol–water partition coefficient (Wildman–Crippen LogP) is 4.97. The molecule has 13 heteroatoms. The molecular formula is C24H26Cl2F3N5O3. The molecule has 3 heterocycles. The number of nitrogens with one attached hydrogen (secondary N) is 3. The second-order valence-corrected chi connectivity index (χ2v) is 9.53. The van der Waals surface area contributed by atoms with Crippen molar-refractivity contribution >= 4 is 47.5 Å². The minimum atomic E-state index is -4.56. The number of benzene rings is 1. The highest BCUT2D eigenvalue weighted by Gasteiger charge is 2.44. The normalized spacial score (nSPS) is 24.2. The summed E-state index contributed by atoms with van der Waals surface area (Å²) in [6.07, 6.45) is -2.69. The van der Waals surface area contributed by atoms with Crippen molar-refractivity contribution in [2.24, 2.45) is 0 Å². The molecular weight excluding hydrogens is 534 g/mol. The molecule has 1 aromatic heterocycles. The van der Waals surface area contributed by atoms with Gasteiger partial charge in [-0.05, 0) is 50.5 Å². The van der Waals surface area contributed by atoms with Crippen LogP contribution in [0.4, 0.5) is 18.9 Å². The Bertz CT molecular complexity index is 1180. The second-order valence-electron chi connectivity index (χ2n) is 9.16. The third-order valence-corrected chi connectivity index (χ3v) is 6.80. The van der Waals surface area contributed by atoms with E-state index in [2.05, 4.69) is 15.6 Å². The summed E-state index contributed by atoms with van der Waals surface area (Å²) in [4.78, 5) is 30.8. The molecule has 200 valence electrons. The molecule has 2 aliphatic heterocycles. The number of pyridine rings is 1. The summed E-state index contributed by atoms with van der Waals surface area (Å²) in [6.45, 7) is 4.19. The van der Waals surface area contributed by atoms with Crippen LogP contribution in [0, 0.1) is 5.41 Å². The zero-order valence-electron chi connectivity index (χ0n) is 20.0. The summed E-state index contributed by atoms with van der Waals surface area (Å²) in [7, 11) is 0. The van der Waals surface area contributed by atoms with Crippen molar-refractivity contribution in [1.82, 2.24) is 15.2 Å². The Hall–Kier alpha value is -2.89. The van der Waals surface area contributed by atoms with E-state index in [0.29, 0.717) is 31.2 Å². The molecule has 3 atom stereocenters. The van der Waals surface area contributed by atoms with E-state index in [4.69, 9.17) is 21.7 Å². The lowest BCUT2D eigenvalue weighted by atomic mass is 9.85. The Balaban J connectivity index is 0.00000380. The first-order valence-electron chi connectivity index (χ1n) is 11.3. The van der Waals surface area contributed by atoms with Crippen LogP contribution >= 0.6 is 24.0 Å². The highest BCUT2D eigenvalue weighted by molar-refractivity contribution is 6.35. The van der Waals surface area contributed by atoms with Crippen molar-refractivity contribution < 1.29 is 27.5 Å². The third-order valence-electron chi connectivity index (χ3n) is 6.40. The van der Waals surface area contributed by atoms with Gasteiger partial charge in [0.2, 0.25) is 5.91 Å². The molecule has 2 aliphatic rings. The van der Waals surface area contributed by atoms with Gasteiger partial charge in [0, 0.05) is 18.8 Å². The van der Waals surface area contributed by atoms with Crippen molar-refractivity contribution in [3.05, 3.63) is 58.4 Å². The van der Waals surface area contributed by atoms with Crippen LogP contribution < -0.4 is 10.6 Å². The van der Waals surface area contributed by atoms with Crippen LogP contribution in [0.3, 0.4) is 0 Å². The Morgan fingerprint density at radius 1 is 1.32 bits per heavy atom. The van der Waals surface area contributed by atoms with E-state index in [1.54, 1.807) is 19.1 Å². The SMILES string of the molecule is C[C@@H]1C[C@H](N2C(=N)N[C@](C)(c3cccc(NC(=O)c4ccc(C(F)(F)F)cn4)c3Cl)CC2=O)CCO1.Cl. The number of alkyl halides is 3. The number of rotatable bonds is 4. The van der Waals surface area contributed by atoms with E-state index in [-0.39, 0.29) is 59.2 Å². The zero-order valence-corrected chi connectivity index (χ0v) is 21.6. The summed E-state index contributed by atoms with van der Waals surface area (Å²) >= 11 is 6.61. The molecule has 2 amide bonds. The quantitative estimate of drug-likeness (QED) is 0.490. The Kier molecular flexibility index (Phi) is 8.40. The minimum absolute atomic E-state index is 0. The number of anilines is 1. The summed E-state index contributed by atoms with van der Waals surface area (Å²) in [5.74, 6) is -1.000. The standard InChI is InChI=1S/C24H25ClF3N5O3.ClH/c1-13-10-15(8-9-36-13)33-19(34)11-23(2,32-22(33)29)16-4-3-5-17(20(16)25)31-21(35)18-7-6-14(12-30-18)24(26,27)28;/h3-7,12-13,15H,8-11H2,1-2H3,(H2,29,32)(H,31,35);1H/t13-,15-,23+;/m1./s1. The predicted molar refractivity (Wildman–Crippen MR) is 134 cm³/mol. The highest BCUT2D eigenvalue weighted by Crippen LogP contribution is 2.38. The first-order valence-corrected chi connectivity index (χ1v) is 11.7. The molecule has 0 radical (unpaired) electrons. The average Bonchev–Trinajstić information content (AvgIpc) is 2.79. The Labute approximate surface area is 222 Å². The van der Waals surface area contributed by atoms with E-state index in [1.807, 2.05) is 6.92 Å². The molecule has 2 aromatic rings. The number of ether oxygens (including phenoxy) is 1. The van der Waals surface area contributed by atoms with Crippen molar-refractivity contribution in [2.45, 2.75) is 57.0 Å². The van der Waals surface area contributed by atoms with Gasteiger partial charge >= 0.3 is 6.18 Å². The molecule has 0 saturated carbocycles. The van der Waals surface area contributed by atoms with Gasteiger partial charge in [-0.1, -0.05) is 23.7 Å².